The molecule has 0 aromatic carbocycles. The summed E-state index contributed by atoms with van der Waals surface area (Å²) in [5, 5.41) is 3.00. The number of rotatable bonds is 8. The van der Waals surface area contributed by atoms with E-state index in [1.807, 2.05) is 24.3 Å². The van der Waals surface area contributed by atoms with Crippen molar-refractivity contribution in [2.75, 3.05) is 13.7 Å². The molecule has 1 atom stereocenters. The third kappa shape index (κ3) is 5.04. The first-order valence-electron chi connectivity index (χ1n) is 7.00. The van der Waals surface area contributed by atoms with E-state index >= 15 is 0 Å². The molecular formula is C16H20N2O3. The van der Waals surface area contributed by atoms with Crippen LogP contribution in [0.2, 0.25) is 0 Å². The van der Waals surface area contributed by atoms with Crippen LogP contribution in [0.4, 0.5) is 0 Å². The molecule has 5 heteroatoms. The van der Waals surface area contributed by atoms with Crippen LogP contribution in [0.15, 0.2) is 47.3 Å². The highest BCUT2D eigenvalue weighted by Crippen LogP contribution is 2.17. The molecule has 1 amide bonds. The Kier molecular flexibility index (Phi) is 5.97. The minimum atomic E-state index is -0.148. The van der Waals surface area contributed by atoms with Crippen molar-refractivity contribution in [1.29, 1.82) is 0 Å². The molecule has 0 aliphatic rings. The maximum absolute atomic E-state index is 12.1. The van der Waals surface area contributed by atoms with Crippen LogP contribution in [0.25, 0.3) is 0 Å². The van der Waals surface area contributed by atoms with Crippen LogP contribution in [0.5, 0.6) is 0 Å². The Morgan fingerprint density at radius 2 is 2.19 bits per heavy atom. The second-order valence-electron chi connectivity index (χ2n) is 4.77. The molecule has 2 rings (SSSR count). The molecule has 0 aliphatic carbocycles. The molecule has 0 saturated carbocycles. The van der Waals surface area contributed by atoms with Crippen molar-refractivity contribution in [3.8, 4) is 0 Å². The van der Waals surface area contributed by atoms with Crippen molar-refractivity contribution in [3.63, 3.8) is 0 Å². The van der Waals surface area contributed by atoms with Gasteiger partial charge in [-0.1, -0.05) is 0 Å². The zero-order chi connectivity index (χ0) is 14.9. The third-order valence-corrected chi connectivity index (χ3v) is 3.22. The van der Waals surface area contributed by atoms with E-state index < -0.39 is 0 Å². The van der Waals surface area contributed by atoms with Crippen LogP contribution in [0.1, 0.15) is 30.2 Å². The van der Waals surface area contributed by atoms with Crippen LogP contribution >= 0.6 is 0 Å². The highest BCUT2D eigenvalue weighted by atomic mass is 16.5. The normalized spacial score (nSPS) is 12.0. The fourth-order valence-corrected chi connectivity index (χ4v) is 2.08. The van der Waals surface area contributed by atoms with E-state index in [1.165, 1.54) is 0 Å². The van der Waals surface area contributed by atoms with E-state index in [9.17, 15) is 4.79 Å². The Hall–Kier alpha value is -2.14. The van der Waals surface area contributed by atoms with Crippen LogP contribution in [-0.2, 0) is 16.0 Å². The maximum Gasteiger partial charge on any atom is 0.220 e. The molecule has 0 aliphatic heterocycles. The summed E-state index contributed by atoms with van der Waals surface area (Å²) in [5.41, 5.74) is 1.10. The van der Waals surface area contributed by atoms with Gasteiger partial charge in [-0.2, -0.15) is 0 Å². The van der Waals surface area contributed by atoms with Crippen molar-refractivity contribution in [1.82, 2.24) is 10.3 Å². The predicted octanol–water partition coefficient (Wildman–Crippen LogP) is 2.50. The second kappa shape index (κ2) is 8.21. The van der Waals surface area contributed by atoms with Gasteiger partial charge in [0.15, 0.2) is 0 Å². The summed E-state index contributed by atoms with van der Waals surface area (Å²) in [5.74, 6) is 0.758. The number of carbonyl (C=O) groups is 1. The first-order chi connectivity index (χ1) is 10.3. The number of nitrogens with zero attached hydrogens (tertiary/aromatic N) is 1. The lowest BCUT2D eigenvalue weighted by molar-refractivity contribution is -0.122. The molecule has 2 aromatic heterocycles. The molecule has 0 saturated heterocycles. The molecule has 0 unspecified atom stereocenters. The number of aromatic nitrogens is 1. The van der Waals surface area contributed by atoms with E-state index in [0.717, 1.165) is 11.3 Å². The minimum Gasteiger partial charge on any atom is -0.467 e. The highest BCUT2D eigenvalue weighted by molar-refractivity contribution is 5.76. The van der Waals surface area contributed by atoms with Gasteiger partial charge in [-0.05, 0) is 42.7 Å². The predicted molar refractivity (Wildman–Crippen MR) is 78.6 cm³/mol. The lowest BCUT2D eigenvalue weighted by Crippen LogP contribution is -2.29. The van der Waals surface area contributed by atoms with Crippen molar-refractivity contribution >= 4 is 5.91 Å². The van der Waals surface area contributed by atoms with Crippen molar-refractivity contribution in [3.05, 3.63) is 54.2 Å². The summed E-state index contributed by atoms with van der Waals surface area (Å²) in [6.45, 7) is 0.565. The summed E-state index contributed by atoms with van der Waals surface area (Å²) in [4.78, 5) is 16.0. The molecule has 112 valence electrons. The van der Waals surface area contributed by atoms with Gasteiger partial charge in [0.1, 0.15) is 5.76 Å². The Morgan fingerprint density at radius 1 is 1.38 bits per heavy atom. The maximum atomic E-state index is 12.1. The van der Waals surface area contributed by atoms with Gasteiger partial charge in [0.05, 0.1) is 12.3 Å². The fraction of sp³-hybridized carbons (Fsp3) is 0.375. The quantitative estimate of drug-likeness (QED) is 0.810. The number of hydrogen-bond acceptors (Lipinski definition) is 4. The standard InChI is InChI=1S/C16H20N2O3/c1-20-12-8-14(15-3-2-11-21-15)18-16(19)5-4-13-6-9-17-10-7-13/h2-3,6-7,9-11,14H,4-5,8,12H2,1H3,(H,18,19)/t14-/m0/s1. The lowest BCUT2D eigenvalue weighted by atomic mass is 10.1. The average molecular weight is 288 g/mol. The lowest BCUT2D eigenvalue weighted by Gasteiger charge is -2.16. The van der Waals surface area contributed by atoms with Crippen molar-refractivity contribution in [2.24, 2.45) is 0 Å². The van der Waals surface area contributed by atoms with E-state index in [-0.39, 0.29) is 11.9 Å². The van der Waals surface area contributed by atoms with Crippen molar-refractivity contribution in [2.45, 2.75) is 25.3 Å². The minimum absolute atomic E-state index is 0.00400. The average Bonchev–Trinajstić information content (AvgIpc) is 3.04. The summed E-state index contributed by atoms with van der Waals surface area (Å²) in [6.07, 6.45) is 6.90. The number of aryl methyl sites for hydroxylation is 1. The molecule has 0 bridgehead atoms. The molecule has 5 nitrogen and oxygen atoms in total. The van der Waals surface area contributed by atoms with Crippen molar-refractivity contribution < 1.29 is 13.9 Å². The summed E-state index contributed by atoms with van der Waals surface area (Å²) in [6, 6.07) is 7.37. The Balaban J connectivity index is 1.86. The number of hydrogen-bond donors (Lipinski definition) is 1. The van der Waals surface area contributed by atoms with Crippen LogP contribution < -0.4 is 5.32 Å². The molecule has 2 heterocycles. The van der Waals surface area contributed by atoms with Gasteiger partial charge in [0.2, 0.25) is 5.91 Å². The molecule has 0 fully saturated rings. The second-order valence-corrected chi connectivity index (χ2v) is 4.77. The fourth-order valence-electron chi connectivity index (χ4n) is 2.08. The molecule has 21 heavy (non-hydrogen) atoms. The zero-order valence-electron chi connectivity index (χ0n) is 12.1. The number of furan rings is 1. The summed E-state index contributed by atoms with van der Waals surface area (Å²) in [7, 11) is 1.64. The smallest absolute Gasteiger partial charge is 0.220 e. The first kappa shape index (κ1) is 15.3. The number of ether oxygens (including phenoxy) is 1. The summed E-state index contributed by atoms with van der Waals surface area (Å²) < 4.78 is 10.5. The van der Waals surface area contributed by atoms with Gasteiger partial charge in [-0.25, -0.2) is 0 Å². The number of pyridine rings is 1. The number of carbonyl (C=O) groups excluding carboxylic acids is 1. The van der Waals surface area contributed by atoms with Gasteiger partial charge >= 0.3 is 0 Å². The monoisotopic (exact) mass is 288 g/mol. The van der Waals surface area contributed by atoms with E-state index in [0.29, 0.717) is 25.9 Å². The first-order valence-corrected chi connectivity index (χ1v) is 7.00. The Morgan fingerprint density at radius 3 is 2.86 bits per heavy atom. The number of amides is 1. The number of methoxy groups -OCH3 is 1. The molecule has 0 spiro atoms. The highest BCUT2D eigenvalue weighted by Gasteiger charge is 2.16. The Labute approximate surface area is 124 Å². The Bertz CT molecular complexity index is 526. The van der Waals surface area contributed by atoms with E-state index in [1.54, 1.807) is 25.8 Å². The zero-order valence-corrected chi connectivity index (χ0v) is 12.1. The van der Waals surface area contributed by atoms with E-state index in [4.69, 9.17) is 9.15 Å². The summed E-state index contributed by atoms with van der Waals surface area (Å²) >= 11 is 0. The number of nitrogens with one attached hydrogen (secondary N) is 1. The molecule has 2 aromatic rings. The van der Waals surface area contributed by atoms with E-state index in [2.05, 4.69) is 10.3 Å². The van der Waals surface area contributed by atoms with Gasteiger partial charge in [0, 0.05) is 32.5 Å². The van der Waals surface area contributed by atoms with Gasteiger partial charge in [-0.3, -0.25) is 9.78 Å². The van der Waals surface area contributed by atoms with Gasteiger partial charge in [-0.15, -0.1) is 0 Å². The third-order valence-electron chi connectivity index (χ3n) is 3.22. The molecule has 1 N–H and O–H groups in total. The SMILES string of the molecule is COCC[C@H](NC(=O)CCc1ccncc1)c1ccco1. The molecular weight excluding hydrogens is 268 g/mol. The van der Waals surface area contributed by atoms with Crippen LogP contribution in [0, 0.1) is 0 Å². The van der Waals surface area contributed by atoms with Gasteiger partial charge < -0.3 is 14.5 Å². The topological polar surface area (TPSA) is 64.4 Å². The van der Waals surface area contributed by atoms with Crippen LogP contribution in [-0.4, -0.2) is 24.6 Å². The molecule has 0 radical (unpaired) electrons. The van der Waals surface area contributed by atoms with Gasteiger partial charge in [0.25, 0.3) is 0 Å². The van der Waals surface area contributed by atoms with Crippen LogP contribution in [0.3, 0.4) is 0 Å². The largest absolute Gasteiger partial charge is 0.467 e.